The van der Waals surface area contributed by atoms with Gasteiger partial charge in [-0.3, -0.25) is 4.79 Å². The lowest BCUT2D eigenvalue weighted by molar-refractivity contribution is 0.0936. The Balaban J connectivity index is 2.74. The van der Waals surface area contributed by atoms with E-state index in [4.69, 9.17) is 11.2 Å². The first kappa shape index (κ1) is 15.1. The van der Waals surface area contributed by atoms with E-state index in [1.807, 2.05) is 32.9 Å². The molecule has 102 valence electrons. The highest BCUT2D eigenvalue weighted by molar-refractivity contribution is 5.94. The summed E-state index contributed by atoms with van der Waals surface area (Å²) in [4.78, 5) is 12.1. The third-order valence-corrected chi connectivity index (χ3v) is 2.66. The number of amides is 1. The first-order valence-corrected chi connectivity index (χ1v) is 6.57. The second-order valence-electron chi connectivity index (χ2n) is 4.68. The molecule has 0 bridgehead atoms. The molecule has 0 fully saturated rings. The zero-order chi connectivity index (χ0) is 14.3. The molecule has 0 aromatic heterocycles. The van der Waals surface area contributed by atoms with Crippen LogP contribution in [0, 0.1) is 12.3 Å². The van der Waals surface area contributed by atoms with Crippen molar-refractivity contribution in [3.05, 3.63) is 29.8 Å². The van der Waals surface area contributed by atoms with Crippen molar-refractivity contribution in [3.63, 3.8) is 0 Å². The number of rotatable bonds is 6. The summed E-state index contributed by atoms with van der Waals surface area (Å²) in [5, 5.41) is 2.93. The maximum absolute atomic E-state index is 12.1. The molecule has 19 heavy (non-hydrogen) atoms. The van der Waals surface area contributed by atoms with Gasteiger partial charge in [-0.25, -0.2) is 0 Å². The first-order chi connectivity index (χ1) is 9.06. The molecule has 1 aromatic carbocycles. The Kier molecular flexibility index (Phi) is 5.95. The van der Waals surface area contributed by atoms with Crippen LogP contribution in [0.1, 0.15) is 44.0 Å². The van der Waals surface area contributed by atoms with Crippen molar-refractivity contribution in [1.82, 2.24) is 5.32 Å². The molecule has 0 aliphatic heterocycles. The van der Waals surface area contributed by atoms with Gasteiger partial charge in [-0.05, 0) is 38.5 Å². The normalized spacial score (nSPS) is 11.7. The van der Waals surface area contributed by atoms with Gasteiger partial charge in [0, 0.05) is 18.0 Å². The van der Waals surface area contributed by atoms with Gasteiger partial charge in [0.2, 0.25) is 0 Å². The monoisotopic (exact) mass is 259 g/mol. The predicted molar refractivity (Wildman–Crippen MR) is 77.2 cm³/mol. The Morgan fingerprint density at radius 1 is 1.47 bits per heavy atom. The zero-order valence-electron chi connectivity index (χ0n) is 11.8. The third-order valence-electron chi connectivity index (χ3n) is 2.66. The van der Waals surface area contributed by atoms with Gasteiger partial charge >= 0.3 is 0 Å². The molecule has 1 unspecified atom stereocenters. The van der Waals surface area contributed by atoms with Gasteiger partial charge in [-0.15, -0.1) is 12.3 Å². The van der Waals surface area contributed by atoms with Gasteiger partial charge in [0.05, 0.1) is 6.10 Å². The van der Waals surface area contributed by atoms with Crippen molar-refractivity contribution in [3.8, 4) is 18.1 Å². The van der Waals surface area contributed by atoms with Gasteiger partial charge in [-0.1, -0.05) is 13.0 Å². The zero-order valence-corrected chi connectivity index (χ0v) is 11.8. The van der Waals surface area contributed by atoms with Crippen LogP contribution in [-0.2, 0) is 0 Å². The maximum Gasteiger partial charge on any atom is 0.251 e. The summed E-state index contributed by atoms with van der Waals surface area (Å²) in [6, 6.07) is 7.19. The summed E-state index contributed by atoms with van der Waals surface area (Å²) >= 11 is 0. The highest BCUT2D eigenvalue weighted by Crippen LogP contribution is 2.15. The van der Waals surface area contributed by atoms with Crippen molar-refractivity contribution in [2.75, 3.05) is 0 Å². The van der Waals surface area contributed by atoms with Crippen LogP contribution < -0.4 is 10.1 Å². The Labute approximate surface area is 115 Å². The standard InChI is InChI=1S/C16H21NO2/c1-5-8-14(6-2)17-16(18)13-9-7-10-15(11-13)19-12(3)4/h1,7,9-12,14H,6,8H2,2-4H3,(H,17,18). The summed E-state index contributed by atoms with van der Waals surface area (Å²) in [5.41, 5.74) is 0.591. The number of terminal acetylenes is 1. The lowest BCUT2D eigenvalue weighted by Gasteiger charge is -2.15. The summed E-state index contributed by atoms with van der Waals surface area (Å²) in [5.74, 6) is 3.16. The number of ether oxygens (including phenoxy) is 1. The second-order valence-corrected chi connectivity index (χ2v) is 4.68. The van der Waals surface area contributed by atoms with Crippen LogP contribution in [0.2, 0.25) is 0 Å². The highest BCUT2D eigenvalue weighted by Gasteiger charge is 2.12. The number of carbonyl (C=O) groups excluding carboxylic acids is 1. The van der Waals surface area contributed by atoms with Gasteiger partial charge in [0.25, 0.3) is 5.91 Å². The van der Waals surface area contributed by atoms with Crippen LogP contribution >= 0.6 is 0 Å². The summed E-state index contributed by atoms with van der Waals surface area (Å²) in [6.45, 7) is 5.90. The molecular weight excluding hydrogens is 238 g/mol. The van der Waals surface area contributed by atoms with E-state index in [1.165, 1.54) is 0 Å². The molecular formula is C16H21NO2. The van der Waals surface area contributed by atoms with Crippen LogP contribution in [0.5, 0.6) is 5.75 Å². The Bertz CT molecular complexity index is 460. The van der Waals surface area contributed by atoms with Gasteiger partial charge in [0.1, 0.15) is 5.75 Å². The number of nitrogens with one attached hydrogen (secondary N) is 1. The average molecular weight is 259 g/mol. The molecule has 1 aromatic rings. The molecule has 1 rings (SSSR count). The fourth-order valence-electron chi connectivity index (χ4n) is 1.69. The molecule has 3 heteroatoms. The van der Waals surface area contributed by atoms with Crippen molar-refractivity contribution in [2.45, 2.75) is 45.8 Å². The van der Waals surface area contributed by atoms with Crippen LogP contribution in [0.15, 0.2) is 24.3 Å². The van der Waals surface area contributed by atoms with Crippen molar-refractivity contribution in [2.24, 2.45) is 0 Å². The Morgan fingerprint density at radius 3 is 2.79 bits per heavy atom. The van der Waals surface area contributed by atoms with E-state index in [2.05, 4.69) is 11.2 Å². The van der Waals surface area contributed by atoms with E-state index in [1.54, 1.807) is 12.1 Å². The maximum atomic E-state index is 12.1. The lowest BCUT2D eigenvalue weighted by atomic mass is 10.1. The molecule has 0 radical (unpaired) electrons. The van der Waals surface area contributed by atoms with Crippen molar-refractivity contribution >= 4 is 5.91 Å². The van der Waals surface area contributed by atoms with Gasteiger partial charge in [-0.2, -0.15) is 0 Å². The lowest BCUT2D eigenvalue weighted by Crippen LogP contribution is -2.34. The van der Waals surface area contributed by atoms with Crippen LogP contribution in [0.4, 0.5) is 0 Å². The van der Waals surface area contributed by atoms with E-state index in [0.29, 0.717) is 17.7 Å². The average Bonchev–Trinajstić information content (AvgIpc) is 2.37. The molecule has 0 aliphatic carbocycles. The van der Waals surface area contributed by atoms with Crippen LogP contribution in [0.3, 0.4) is 0 Å². The van der Waals surface area contributed by atoms with Crippen LogP contribution in [0.25, 0.3) is 0 Å². The minimum Gasteiger partial charge on any atom is -0.491 e. The summed E-state index contributed by atoms with van der Waals surface area (Å²) < 4.78 is 5.57. The third kappa shape index (κ3) is 5.05. The molecule has 1 amide bonds. The second kappa shape index (κ2) is 7.48. The highest BCUT2D eigenvalue weighted by atomic mass is 16.5. The molecule has 0 saturated carbocycles. The van der Waals surface area contributed by atoms with Crippen molar-refractivity contribution < 1.29 is 9.53 Å². The molecule has 0 aliphatic rings. The number of carbonyl (C=O) groups is 1. The summed E-state index contributed by atoms with van der Waals surface area (Å²) in [7, 11) is 0. The fraction of sp³-hybridized carbons (Fsp3) is 0.438. The predicted octanol–water partition coefficient (Wildman–Crippen LogP) is 3.01. The molecule has 3 nitrogen and oxygen atoms in total. The largest absolute Gasteiger partial charge is 0.491 e. The van der Waals surface area contributed by atoms with Gasteiger partial charge in [0.15, 0.2) is 0 Å². The molecule has 0 heterocycles. The van der Waals surface area contributed by atoms with E-state index in [0.717, 1.165) is 6.42 Å². The van der Waals surface area contributed by atoms with Crippen LogP contribution in [-0.4, -0.2) is 18.1 Å². The minimum atomic E-state index is -0.115. The Morgan fingerprint density at radius 2 is 2.21 bits per heavy atom. The molecule has 0 spiro atoms. The fourth-order valence-corrected chi connectivity index (χ4v) is 1.69. The van der Waals surface area contributed by atoms with Gasteiger partial charge < -0.3 is 10.1 Å². The smallest absolute Gasteiger partial charge is 0.251 e. The van der Waals surface area contributed by atoms with E-state index < -0.39 is 0 Å². The van der Waals surface area contributed by atoms with Crippen molar-refractivity contribution in [1.29, 1.82) is 0 Å². The molecule has 1 N–H and O–H groups in total. The quantitative estimate of drug-likeness (QED) is 0.797. The number of hydrogen-bond donors (Lipinski definition) is 1. The number of hydrogen-bond acceptors (Lipinski definition) is 2. The topological polar surface area (TPSA) is 38.3 Å². The molecule has 1 atom stereocenters. The van der Waals surface area contributed by atoms with E-state index in [-0.39, 0.29) is 18.1 Å². The van der Waals surface area contributed by atoms with E-state index >= 15 is 0 Å². The van der Waals surface area contributed by atoms with E-state index in [9.17, 15) is 4.79 Å². The first-order valence-electron chi connectivity index (χ1n) is 6.57. The number of benzene rings is 1. The minimum absolute atomic E-state index is 0.0205. The Hall–Kier alpha value is -1.95. The molecule has 0 saturated heterocycles. The summed E-state index contributed by atoms with van der Waals surface area (Å²) in [6.07, 6.45) is 6.73. The SMILES string of the molecule is C#CCC(CC)NC(=O)c1cccc(OC(C)C)c1.